The van der Waals surface area contributed by atoms with Gasteiger partial charge in [-0.05, 0) is 79.3 Å². The summed E-state index contributed by atoms with van der Waals surface area (Å²) < 4.78 is 29.0. The SMILES string of the molecule is Cc1ccc([C@H]2Nc3ccc(S(=O)(=O)Nc4ccc(Cl)cc4C)cc3[C@H]3C=CC[C@H]32)cc1. The fourth-order valence-electron chi connectivity index (χ4n) is 4.79. The Labute approximate surface area is 194 Å². The number of rotatable bonds is 4. The molecule has 0 saturated heterocycles. The fourth-order valence-corrected chi connectivity index (χ4v) is 6.18. The molecule has 1 aliphatic carbocycles. The molecule has 0 fully saturated rings. The van der Waals surface area contributed by atoms with Crippen molar-refractivity contribution in [3.8, 4) is 0 Å². The zero-order chi connectivity index (χ0) is 22.5. The van der Waals surface area contributed by atoms with Crippen LogP contribution in [0, 0.1) is 19.8 Å². The summed E-state index contributed by atoms with van der Waals surface area (Å²) >= 11 is 6.01. The Morgan fingerprint density at radius 3 is 2.53 bits per heavy atom. The number of hydrogen-bond acceptors (Lipinski definition) is 3. The molecule has 2 aliphatic rings. The number of anilines is 2. The molecule has 1 aliphatic heterocycles. The molecule has 0 radical (unpaired) electrons. The van der Waals surface area contributed by atoms with Gasteiger partial charge in [0.05, 0.1) is 16.6 Å². The quantitative estimate of drug-likeness (QED) is 0.428. The van der Waals surface area contributed by atoms with Gasteiger partial charge in [0.1, 0.15) is 0 Å². The van der Waals surface area contributed by atoms with Gasteiger partial charge in [-0.15, -0.1) is 0 Å². The molecule has 2 N–H and O–H groups in total. The second-order valence-electron chi connectivity index (χ2n) is 8.70. The average molecular weight is 465 g/mol. The second-order valence-corrected chi connectivity index (χ2v) is 10.8. The Morgan fingerprint density at radius 1 is 1.00 bits per heavy atom. The number of benzene rings is 3. The number of nitrogens with one attached hydrogen (secondary N) is 2. The highest BCUT2D eigenvalue weighted by Crippen LogP contribution is 2.50. The van der Waals surface area contributed by atoms with Gasteiger partial charge in [0.2, 0.25) is 0 Å². The lowest BCUT2D eigenvalue weighted by Gasteiger charge is -2.37. The summed E-state index contributed by atoms with van der Waals surface area (Å²) in [6, 6.07) is 19.3. The van der Waals surface area contributed by atoms with Crippen LogP contribution in [-0.4, -0.2) is 8.42 Å². The van der Waals surface area contributed by atoms with E-state index < -0.39 is 10.0 Å². The second kappa shape index (κ2) is 7.98. The van der Waals surface area contributed by atoms with Crippen molar-refractivity contribution in [2.45, 2.75) is 37.1 Å². The van der Waals surface area contributed by atoms with Crippen molar-refractivity contribution in [2.75, 3.05) is 10.0 Å². The van der Waals surface area contributed by atoms with Crippen LogP contribution in [0.1, 0.15) is 40.6 Å². The Morgan fingerprint density at radius 2 is 1.78 bits per heavy atom. The Bertz CT molecular complexity index is 1320. The first-order chi connectivity index (χ1) is 15.3. The summed E-state index contributed by atoms with van der Waals surface area (Å²) in [4.78, 5) is 0.264. The van der Waals surface area contributed by atoms with Crippen molar-refractivity contribution in [3.05, 3.63) is 100 Å². The number of hydrogen-bond donors (Lipinski definition) is 2. The molecule has 0 unspecified atom stereocenters. The lowest BCUT2D eigenvalue weighted by Crippen LogP contribution is -2.29. The topological polar surface area (TPSA) is 58.2 Å². The summed E-state index contributed by atoms with van der Waals surface area (Å²) in [6.07, 6.45) is 5.40. The smallest absolute Gasteiger partial charge is 0.261 e. The summed E-state index contributed by atoms with van der Waals surface area (Å²) in [5.41, 5.74) is 5.83. The molecule has 3 aromatic carbocycles. The van der Waals surface area contributed by atoms with Gasteiger partial charge in [-0.3, -0.25) is 4.72 Å². The largest absolute Gasteiger partial charge is 0.378 e. The zero-order valence-corrected chi connectivity index (χ0v) is 19.5. The van der Waals surface area contributed by atoms with Gasteiger partial charge in [0.15, 0.2) is 0 Å². The minimum atomic E-state index is -3.73. The minimum absolute atomic E-state index is 0.185. The highest BCUT2D eigenvalue weighted by atomic mass is 35.5. The molecular formula is C26H25ClN2O2S. The minimum Gasteiger partial charge on any atom is -0.378 e. The van der Waals surface area contributed by atoms with Gasteiger partial charge in [0, 0.05) is 16.6 Å². The molecule has 3 aromatic rings. The van der Waals surface area contributed by atoms with Crippen molar-refractivity contribution < 1.29 is 8.42 Å². The van der Waals surface area contributed by atoms with E-state index in [2.05, 4.69) is 53.4 Å². The lowest BCUT2D eigenvalue weighted by molar-refractivity contribution is 0.425. The van der Waals surface area contributed by atoms with Gasteiger partial charge < -0.3 is 5.32 Å². The maximum atomic E-state index is 13.2. The lowest BCUT2D eigenvalue weighted by atomic mass is 9.77. The van der Waals surface area contributed by atoms with Crippen molar-refractivity contribution in [1.82, 2.24) is 0 Å². The number of allylic oxidation sites excluding steroid dienone is 2. The van der Waals surface area contributed by atoms with Crippen LogP contribution in [0.25, 0.3) is 0 Å². The van der Waals surface area contributed by atoms with Crippen molar-refractivity contribution in [1.29, 1.82) is 0 Å². The Balaban J connectivity index is 1.49. The molecule has 3 atom stereocenters. The van der Waals surface area contributed by atoms with Crippen LogP contribution in [0.5, 0.6) is 0 Å². The molecule has 32 heavy (non-hydrogen) atoms. The third-order valence-corrected chi connectivity index (χ3v) is 8.11. The van der Waals surface area contributed by atoms with E-state index >= 15 is 0 Å². The van der Waals surface area contributed by atoms with Gasteiger partial charge in [-0.1, -0.05) is 53.6 Å². The number of aryl methyl sites for hydroxylation is 2. The molecule has 4 nitrogen and oxygen atoms in total. The first-order valence-electron chi connectivity index (χ1n) is 10.7. The van der Waals surface area contributed by atoms with Gasteiger partial charge in [-0.2, -0.15) is 0 Å². The van der Waals surface area contributed by atoms with Crippen molar-refractivity contribution in [2.24, 2.45) is 5.92 Å². The van der Waals surface area contributed by atoms with Crippen LogP contribution in [0.2, 0.25) is 5.02 Å². The first-order valence-corrected chi connectivity index (χ1v) is 12.6. The normalized spacial score (nSPS) is 21.5. The monoisotopic (exact) mass is 464 g/mol. The molecule has 0 spiro atoms. The average Bonchev–Trinajstić information content (AvgIpc) is 3.26. The molecule has 164 valence electrons. The van der Waals surface area contributed by atoms with Crippen LogP contribution < -0.4 is 10.0 Å². The van der Waals surface area contributed by atoms with E-state index in [0.29, 0.717) is 16.6 Å². The maximum Gasteiger partial charge on any atom is 0.261 e. The van der Waals surface area contributed by atoms with E-state index in [0.717, 1.165) is 23.2 Å². The molecular weight excluding hydrogens is 440 g/mol. The summed E-state index contributed by atoms with van der Waals surface area (Å²) in [5.74, 6) is 0.541. The van der Waals surface area contributed by atoms with Crippen LogP contribution in [-0.2, 0) is 10.0 Å². The third-order valence-electron chi connectivity index (χ3n) is 6.51. The highest BCUT2D eigenvalue weighted by molar-refractivity contribution is 7.92. The molecule has 1 heterocycles. The van der Waals surface area contributed by atoms with Gasteiger partial charge >= 0.3 is 0 Å². The molecule has 0 aromatic heterocycles. The van der Waals surface area contributed by atoms with Crippen molar-refractivity contribution in [3.63, 3.8) is 0 Å². The van der Waals surface area contributed by atoms with Crippen molar-refractivity contribution >= 4 is 33.0 Å². The third kappa shape index (κ3) is 3.80. The predicted molar refractivity (Wildman–Crippen MR) is 131 cm³/mol. The van der Waals surface area contributed by atoms with Gasteiger partial charge in [0.25, 0.3) is 10.0 Å². The molecule has 0 amide bonds. The van der Waals surface area contributed by atoms with E-state index in [1.54, 1.807) is 24.3 Å². The fraction of sp³-hybridized carbons (Fsp3) is 0.231. The van der Waals surface area contributed by atoms with Crippen LogP contribution in [0.4, 0.5) is 11.4 Å². The Hall–Kier alpha value is -2.76. The van der Waals surface area contributed by atoms with E-state index in [1.807, 2.05) is 19.1 Å². The summed E-state index contributed by atoms with van der Waals surface area (Å²) in [7, 11) is -3.73. The van der Waals surface area contributed by atoms with E-state index in [1.165, 1.54) is 11.1 Å². The first kappa shape index (κ1) is 21.1. The summed E-state index contributed by atoms with van der Waals surface area (Å²) in [6.45, 7) is 3.93. The van der Waals surface area contributed by atoms with E-state index in [4.69, 9.17) is 11.6 Å². The van der Waals surface area contributed by atoms with Crippen LogP contribution >= 0.6 is 11.6 Å². The van der Waals surface area contributed by atoms with Crippen LogP contribution in [0.3, 0.4) is 0 Å². The highest BCUT2D eigenvalue weighted by Gasteiger charge is 2.38. The molecule has 0 bridgehead atoms. The Kier molecular flexibility index (Phi) is 5.26. The zero-order valence-electron chi connectivity index (χ0n) is 18.0. The molecule has 0 saturated carbocycles. The van der Waals surface area contributed by atoms with Crippen LogP contribution in [0.15, 0.2) is 77.7 Å². The number of fused-ring (bicyclic) bond motifs is 3. The molecule has 6 heteroatoms. The number of halogens is 1. The van der Waals surface area contributed by atoms with Gasteiger partial charge in [-0.25, -0.2) is 8.42 Å². The predicted octanol–water partition coefficient (Wildman–Crippen LogP) is 6.58. The molecule has 5 rings (SSSR count). The van der Waals surface area contributed by atoms with E-state index in [-0.39, 0.29) is 16.9 Å². The maximum absolute atomic E-state index is 13.2. The summed E-state index contributed by atoms with van der Waals surface area (Å²) in [5, 5.41) is 4.25. The number of sulfonamides is 1. The van der Waals surface area contributed by atoms with E-state index in [9.17, 15) is 8.42 Å². The standard InChI is InChI=1S/C26H25ClN2O2S/c1-16-6-8-18(9-7-16)26-22-5-3-4-21(22)23-15-20(11-13-25(23)28-26)32(30,31)29-24-12-10-19(27)14-17(24)2/h3-4,6-15,21-22,26,28-29H,5H2,1-2H3/t21-,22+,26+/m0/s1.